The molecule has 102 valence electrons. The maximum Gasteiger partial charge on any atom is 0.326 e. The van der Waals surface area contributed by atoms with Crippen molar-refractivity contribution >= 4 is 17.8 Å². The van der Waals surface area contributed by atoms with E-state index in [2.05, 4.69) is 15.4 Å². The van der Waals surface area contributed by atoms with Gasteiger partial charge in [0.05, 0.1) is 13.5 Å². The molecule has 0 saturated heterocycles. The predicted octanol–water partition coefficient (Wildman–Crippen LogP) is -0.739. The number of hydrogen-bond donors (Lipinski definition) is 3. The van der Waals surface area contributed by atoms with Crippen molar-refractivity contribution in [1.82, 2.24) is 10.6 Å². The summed E-state index contributed by atoms with van der Waals surface area (Å²) in [6, 6.07) is -0.728. The van der Waals surface area contributed by atoms with E-state index in [9.17, 15) is 14.4 Å². The monoisotopic (exact) mass is 258 g/mol. The second-order valence-electron chi connectivity index (χ2n) is 4.22. The van der Waals surface area contributed by atoms with Crippen molar-refractivity contribution in [3.05, 3.63) is 0 Å². The van der Waals surface area contributed by atoms with Crippen molar-refractivity contribution in [1.29, 1.82) is 0 Å². The molecule has 1 atom stereocenters. The molecule has 7 nitrogen and oxygen atoms in total. The van der Waals surface area contributed by atoms with Crippen LogP contribution in [0.15, 0.2) is 0 Å². The molecule has 1 saturated carbocycles. The third-order valence-electron chi connectivity index (χ3n) is 2.59. The number of carboxylic acid groups (broad SMARTS) is 1. The molecule has 1 amide bonds. The third-order valence-corrected chi connectivity index (χ3v) is 2.59. The summed E-state index contributed by atoms with van der Waals surface area (Å²) >= 11 is 0. The van der Waals surface area contributed by atoms with E-state index in [0.29, 0.717) is 12.6 Å². The van der Waals surface area contributed by atoms with Gasteiger partial charge >= 0.3 is 11.9 Å². The van der Waals surface area contributed by atoms with E-state index in [1.54, 1.807) is 0 Å². The quantitative estimate of drug-likeness (QED) is 0.495. The number of aliphatic carboxylic acids is 1. The molecular formula is C11H18N2O5. The second-order valence-corrected chi connectivity index (χ2v) is 4.22. The van der Waals surface area contributed by atoms with Crippen LogP contribution in [0.25, 0.3) is 0 Å². The van der Waals surface area contributed by atoms with Crippen LogP contribution in [0.5, 0.6) is 0 Å². The summed E-state index contributed by atoms with van der Waals surface area (Å²) in [5.74, 6) is -2.30. The standard InChI is InChI=1S/C11H18N2O5/c1-18-10(15)6-8(11(16)17)13-9(14)4-5-12-7-2-3-7/h7-8,12H,2-6H2,1H3,(H,13,14)(H,16,17)/t8-/m0/s1. The number of rotatable bonds is 8. The average Bonchev–Trinajstić information content (AvgIpc) is 3.11. The minimum absolute atomic E-state index is 0.196. The Hall–Kier alpha value is -1.63. The van der Waals surface area contributed by atoms with Crippen LogP contribution in [0.2, 0.25) is 0 Å². The highest BCUT2D eigenvalue weighted by Gasteiger charge is 2.24. The maximum atomic E-state index is 11.5. The summed E-state index contributed by atoms with van der Waals surface area (Å²) in [4.78, 5) is 33.3. The smallest absolute Gasteiger partial charge is 0.326 e. The molecule has 0 aromatic heterocycles. The Bertz CT molecular complexity index is 327. The van der Waals surface area contributed by atoms with Gasteiger partial charge in [-0.25, -0.2) is 4.79 Å². The molecule has 1 aliphatic rings. The van der Waals surface area contributed by atoms with Gasteiger partial charge in [-0.15, -0.1) is 0 Å². The van der Waals surface area contributed by atoms with Crippen LogP contribution in [-0.2, 0) is 19.1 Å². The van der Waals surface area contributed by atoms with Crippen LogP contribution in [0.4, 0.5) is 0 Å². The topological polar surface area (TPSA) is 105 Å². The number of methoxy groups -OCH3 is 1. The van der Waals surface area contributed by atoms with Crippen LogP contribution in [0, 0.1) is 0 Å². The fraction of sp³-hybridized carbons (Fsp3) is 0.727. The van der Waals surface area contributed by atoms with E-state index in [0.717, 1.165) is 12.8 Å². The normalized spacial score (nSPS) is 15.8. The third kappa shape index (κ3) is 5.62. The van der Waals surface area contributed by atoms with Gasteiger partial charge in [0.2, 0.25) is 5.91 Å². The molecule has 0 aliphatic heterocycles. The van der Waals surface area contributed by atoms with Crippen LogP contribution in [-0.4, -0.2) is 48.7 Å². The Balaban J connectivity index is 2.27. The lowest BCUT2D eigenvalue weighted by Gasteiger charge is -2.13. The van der Waals surface area contributed by atoms with E-state index in [4.69, 9.17) is 5.11 Å². The zero-order valence-electron chi connectivity index (χ0n) is 10.3. The first-order valence-electron chi connectivity index (χ1n) is 5.85. The van der Waals surface area contributed by atoms with E-state index in [1.807, 2.05) is 0 Å². The number of carbonyl (C=O) groups is 3. The number of hydrogen-bond acceptors (Lipinski definition) is 5. The van der Waals surface area contributed by atoms with Gasteiger partial charge in [-0.2, -0.15) is 0 Å². The summed E-state index contributed by atoms with van der Waals surface area (Å²) in [5.41, 5.74) is 0. The Labute approximate surface area is 105 Å². The lowest BCUT2D eigenvalue weighted by Crippen LogP contribution is -2.43. The van der Waals surface area contributed by atoms with Crippen LogP contribution in [0.3, 0.4) is 0 Å². The maximum absolute atomic E-state index is 11.5. The summed E-state index contributed by atoms with van der Waals surface area (Å²) < 4.78 is 4.37. The summed E-state index contributed by atoms with van der Waals surface area (Å²) in [6.07, 6.45) is 2.08. The zero-order chi connectivity index (χ0) is 13.5. The lowest BCUT2D eigenvalue weighted by atomic mass is 10.2. The molecule has 1 fully saturated rings. The van der Waals surface area contributed by atoms with Crippen molar-refractivity contribution in [3.63, 3.8) is 0 Å². The number of esters is 1. The largest absolute Gasteiger partial charge is 0.480 e. The van der Waals surface area contributed by atoms with E-state index >= 15 is 0 Å². The van der Waals surface area contributed by atoms with Gasteiger partial charge in [0, 0.05) is 19.0 Å². The van der Waals surface area contributed by atoms with Crippen molar-refractivity contribution in [2.45, 2.75) is 37.8 Å². The Kier molecular flexibility index (Phi) is 5.57. The van der Waals surface area contributed by atoms with Gasteiger partial charge in [0.1, 0.15) is 6.04 Å². The molecule has 1 aliphatic carbocycles. The molecule has 18 heavy (non-hydrogen) atoms. The molecule has 3 N–H and O–H groups in total. The lowest BCUT2D eigenvalue weighted by molar-refractivity contribution is -0.148. The Morgan fingerprint density at radius 3 is 2.56 bits per heavy atom. The fourth-order valence-corrected chi connectivity index (χ4v) is 1.39. The highest BCUT2D eigenvalue weighted by Crippen LogP contribution is 2.18. The zero-order valence-corrected chi connectivity index (χ0v) is 10.3. The molecule has 0 spiro atoms. The Morgan fingerprint density at radius 1 is 1.39 bits per heavy atom. The van der Waals surface area contributed by atoms with Gasteiger partial charge in [0.15, 0.2) is 0 Å². The molecule has 0 radical (unpaired) electrons. The summed E-state index contributed by atoms with van der Waals surface area (Å²) in [7, 11) is 1.17. The number of carboxylic acids is 1. The molecular weight excluding hydrogens is 240 g/mol. The molecule has 0 bridgehead atoms. The minimum Gasteiger partial charge on any atom is -0.480 e. The van der Waals surface area contributed by atoms with Crippen LogP contribution >= 0.6 is 0 Å². The average molecular weight is 258 g/mol. The van der Waals surface area contributed by atoms with Crippen molar-refractivity contribution in [3.8, 4) is 0 Å². The van der Waals surface area contributed by atoms with Crippen LogP contribution < -0.4 is 10.6 Å². The number of amides is 1. The SMILES string of the molecule is COC(=O)C[C@H](NC(=O)CCNC1CC1)C(=O)O. The highest BCUT2D eigenvalue weighted by atomic mass is 16.5. The first-order chi connectivity index (χ1) is 8.52. The molecule has 0 heterocycles. The van der Waals surface area contributed by atoms with Crippen molar-refractivity contribution in [2.24, 2.45) is 0 Å². The molecule has 0 aromatic carbocycles. The van der Waals surface area contributed by atoms with Gasteiger partial charge < -0.3 is 20.5 Å². The molecule has 0 unspecified atom stereocenters. The summed E-state index contributed by atoms with van der Waals surface area (Å²) in [6.45, 7) is 0.515. The first kappa shape index (κ1) is 14.4. The predicted molar refractivity (Wildman–Crippen MR) is 61.8 cm³/mol. The highest BCUT2D eigenvalue weighted by molar-refractivity contribution is 5.87. The van der Waals surface area contributed by atoms with Gasteiger partial charge in [-0.05, 0) is 12.8 Å². The molecule has 0 aromatic rings. The first-order valence-corrected chi connectivity index (χ1v) is 5.85. The van der Waals surface area contributed by atoms with Gasteiger partial charge in [0.25, 0.3) is 0 Å². The van der Waals surface area contributed by atoms with E-state index in [-0.39, 0.29) is 18.7 Å². The van der Waals surface area contributed by atoms with Crippen molar-refractivity contribution < 1.29 is 24.2 Å². The van der Waals surface area contributed by atoms with Crippen molar-refractivity contribution in [2.75, 3.05) is 13.7 Å². The molecule has 1 rings (SSSR count). The number of ether oxygens (including phenoxy) is 1. The fourth-order valence-electron chi connectivity index (χ4n) is 1.39. The van der Waals surface area contributed by atoms with E-state index in [1.165, 1.54) is 7.11 Å². The van der Waals surface area contributed by atoms with Crippen LogP contribution in [0.1, 0.15) is 25.7 Å². The molecule has 7 heteroatoms. The minimum atomic E-state index is -1.25. The van der Waals surface area contributed by atoms with E-state index < -0.39 is 18.0 Å². The van der Waals surface area contributed by atoms with Gasteiger partial charge in [-0.1, -0.05) is 0 Å². The van der Waals surface area contributed by atoms with Gasteiger partial charge in [-0.3, -0.25) is 9.59 Å². The summed E-state index contributed by atoms with van der Waals surface area (Å²) in [5, 5.41) is 14.3. The Morgan fingerprint density at radius 2 is 2.06 bits per heavy atom. The number of carbonyl (C=O) groups excluding carboxylic acids is 2. The number of nitrogens with one attached hydrogen (secondary N) is 2. The second kappa shape index (κ2) is 6.95.